The number of hydrogen-bond donors (Lipinski definition) is 1. The monoisotopic (exact) mass is 536 g/mol. The molecule has 40 heavy (non-hydrogen) atoms. The van der Waals surface area contributed by atoms with Crippen LogP contribution in [0, 0.1) is 0 Å². The molecule has 206 valence electrons. The van der Waals surface area contributed by atoms with Crippen molar-refractivity contribution in [2.75, 3.05) is 6.54 Å². The molecule has 1 N–H and O–H groups in total. The average molecular weight is 537 g/mol. The summed E-state index contributed by atoms with van der Waals surface area (Å²) in [5.41, 5.74) is 7.67. The van der Waals surface area contributed by atoms with E-state index in [-0.39, 0.29) is 6.10 Å². The minimum absolute atomic E-state index is 0.147. The van der Waals surface area contributed by atoms with Crippen LogP contribution in [0.5, 0.6) is 5.75 Å². The van der Waals surface area contributed by atoms with Gasteiger partial charge in [0.2, 0.25) is 0 Å². The molecule has 0 bridgehead atoms. The first kappa shape index (κ1) is 27.2. The number of allylic oxidation sites excluding steroid dienone is 1. The van der Waals surface area contributed by atoms with Gasteiger partial charge in [-0.15, -0.1) is 0 Å². The average Bonchev–Trinajstić information content (AvgIpc) is 3.40. The third kappa shape index (κ3) is 6.09. The molecule has 4 aromatic rings. The predicted octanol–water partition coefficient (Wildman–Crippen LogP) is 7.32. The van der Waals surface area contributed by atoms with E-state index in [9.17, 15) is 4.79 Å². The molecule has 0 atom stereocenters. The molecule has 7 nitrogen and oxygen atoms in total. The second-order valence-electron chi connectivity index (χ2n) is 10.3. The number of aromatic nitrogens is 2. The molecule has 7 heteroatoms. The van der Waals surface area contributed by atoms with Crippen LogP contribution >= 0.6 is 0 Å². The zero-order valence-corrected chi connectivity index (χ0v) is 23.6. The Balaban J connectivity index is 1.39. The molecule has 3 aromatic carbocycles. The molecule has 2 heterocycles. The maximum absolute atomic E-state index is 11.5. The molecular formula is C33H36N4O3. The van der Waals surface area contributed by atoms with E-state index >= 15 is 0 Å². The molecule has 0 fully saturated rings. The van der Waals surface area contributed by atoms with Gasteiger partial charge in [-0.05, 0) is 61.1 Å². The van der Waals surface area contributed by atoms with E-state index in [1.165, 1.54) is 16.7 Å². The first-order valence-corrected chi connectivity index (χ1v) is 14.0. The maximum Gasteiger partial charge on any atom is 0.439 e. The molecule has 1 aromatic heterocycles. The van der Waals surface area contributed by atoms with Gasteiger partial charge in [-0.3, -0.25) is 9.51 Å². The van der Waals surface area contributed by atoms with Crippen LogP contribution in [0.2, 0.25) is 0 Å². The molecule has 0 radical (unpaired) electrons. The number of aliphatic imine (C=N–C) groups is 1. The van der Waals surface area contributed by atoms with Crippen LogP contribution in [0.3, 0.4) is 0 Å². The first-order valence-electron chi connectivity index (χ1n) is 14.0. The Morgan fingerprint density at radius 3 is 2.27 bits per heavy atom. The van der Waals surface area contributed by atoms with Crippen molar-refractivity contribution in [2.45, 2.75) is 59.6 Å². The summed E-state index contributed by atoms with van der Waals surface area (Å²) in [6, 6.07) is 24.8. The molecular weight excluding hydrogens is 500 g/mol. The van der Waals surface area contributed by atoms with Crippen LogP contribution in [0.25, 0.3) is 28.1 Å². The van der Waals surface area contributed by atoms with Crippen molar-refractivity contribution >= 4 is 11.4 Å². The number of amidine groups is 1. The number of ether oxygens (including phenoxy) is 1. The largest absolute Gasteiger partial charge is 0.491 e. The van der Waals surface area contributed by atoms with Gasteiger partial charge in [-0.1, -0.05) is 79.7 Å². The van der Waals surface area contributed by atoms with Gasteiger partial charge in [0.05, 0.1) is 6.10 Å². The van der Waals surface area contributed by atoms with Crippen molar-refractivity contribution < 1.29 is 9.26 Å². The van der Waals surface area contributed by atoms with Crippen LogP contribution in [0.4, 0.5) is 0 Å². The number of rotatable bonds is 10. The Hall–Kier alpha value is -4.39. The van der Waals surface area contributed by atoms with Crippen molar-refractivity contribution in [3.8, 4) is 28.3 Å². The summed E-state index contributed by atoms with van der Waals surface area (Å²) >= 11 is 0. The molecule has 5 rings (SSSR count). The number of aromatic amines is 1. The van der Waals surface area contributed by atoms with E-state index < -0.39 is 5.76 Å². The fraction of sp³-hybridized carbons (Fsp3) is 0.303. The van der Waals surface area contributed by atoms with Crippen LogP contribution < -0.4 is 10.5 Å². The highest BCUT2D eigenvalue weighted by molar-refractivity contribution is 5.89. The van der Waals surface area contributed by atoms with E-state index in [1.54, 1.807) is 0 Å². The Morgan fingerprint density at radius 2 is 1.65 bits per heavy atom. The van der Waals surface area contributed by atoms with Crippen molar-refractivity contribution in [1.29, 1.82) is 0 Å². The summed E-state index contributed by atoms with van der Waals surface area (Å²) in [6.07, 6.45) is 3.03. The van der Waals surface area contributed by atoms with Gasteiger partial charge < -0.3 is 9.64 Å². The lowest BCUT2D eigenvalue weighted by molar-refractivity contribution is 0.242. The van der Waals surface area contributed by atoms with Crippen LogP contribution in [-0.2, 0) is 6.54 Å². The maximum atomic E-state index is 11.5. The second kappa shape index (κ2) is 12.2. The topological polar surface area (TPSA) is 83.7 Å². The van der Waals surface area contributed by atoms with E-state index in [0.717, 1.165) is 66.3 Å². The van der Waals surface area contributed by atoms with Crippen molar-refractivity contribution in [2.24, 2.45) is 4.99 Å². The van der Waals surface area contributed by atoms with Gasteiger partial charge in [0.25, 0.3) is 0 Å². The van der Waals surface area contributed by atoms with E-state index in [0.29, 0.717) is 5.82 Å². The Labute approximate surface area is 235 Å². The Morgan fingerprint density at radius 1 is 0.950 bits per heavy atom. The van der Waals surface area contributed by atoms with Crippen LogP contribution in [0.1, 0.15) is 58.1 Å². The summed E-state index contributed by atoms with van der Waals surface area (Å²) < 4.78 is 10.6. The molecule has 0 unspecified atom stereocenters. The normalized spacial score (nSPS) is 13.6. The lowest BCUT2D eigenvalue weighted by Crippen LogP contribution is -2.35. The first-order chi connectivity index (χ1) is 19.4. The Bertz CT molecular complexity index is 1560. The summed E-state index contributed by atoms with van der Waals surface area (Å²) in [4.78, 5) is 21.7. The molecule has 1 aliphatic rings. The highest BCUT2D eigenvalue weighted by Gasteiger charge is 2.22. The molecule has 0 amide bonds. The third-order valence-electron chi connectivity index (χ3n) is 6.97. The van der Waals surface area contributed by atoms with Gasteiger partial charge in [0, 0.05) is 36.3 Å². The molecule has 0 saturated heterocycles. The zero-order valence-electron chi connectivity index (χ0n) is 23.6. The van der Waals surface area contributed by atoms with Crippen molar-refractivity contribution in [3.63, 3.8) is 0 Å². The smallest absolute Gasteiger partial charge is 0.439 e. The van der Waals surface area contributed by atoms with E-state index in [4.69, 9.17) is 14.3 Å². The predicted molar refractivity (Wildman–Crippen MR) is 160 cm³/mol. The SMILES string of the molecule is CCCC1=NC(CC)=C(c2ccc(OC(C)C)cc2)CN1Cc1ccc(-c2ccccc2-c2noc(=O)[nH]2)cc1. The number of nitrogens with zero attached hydrogens (tertiary/aromatic N) is 3. The summed E-state index contributed by atoms with van der Waals surface area (Å²) in [5.74, 6) is 1.89. The minimum Gasteiger partial charge on any atom is -0.491 e. The van der Waals surface area contributed by atoms with Gasteiger partial charge in [-0.25, -0.2) is 9.79 Å². The van der Waals surface area contributed by atoms with Gasteiger partial charge in [-0.2, -0.15) is 0 Å². The second-order valence-corrected chi connectivity index (χ2v) is 10.3. The minimum atomic E-state index is -0.564. The number of H-pyrrole nitrogens is 1. The third-order valence-corrected chi connectivity index (χ3v) is 6.97. The van der Waals surface area contributed by atoms with Gasteiger partial charge in [0.15, 0.2) is 5.82 Å². The zero-order chi connectivity index (χ0) is 28.1. The number of nitrogens with one attached hydrogen (secondary N) is 1. The highest BCUT2D eigenvalue weighted by Crippen LogP contribution is 2.32. The fourth-order valence-corrected chi connectivity index (χ4v) is 5.11. The standard InChI is InChI=1S/C33H36N4O3/c1-5-9-31-34-30(6-2)29(25-16-18-26(19-17-25)39-22(3)4)21-37(31)20-23-12-14-24(15-13-23)27-10-7-8-11-28(27)32-35-33(38)40-36-32/h7-8,10-19,22H,5-6,9,20-21H2,1-4H3,(H,35,36,38). The van der Waals surface area contributed by atoms with Crippen LogP contribution in [0.15, 0.2) is 92.8 Å². The summed E-state index contributed by atoms with van der Waals surface area (Å²) in [5, 5.41) is 3.88. The fourth-order valence-electron chi connectivity index (χ4n) is 5.11. The van der Waals surface area contributed by atoms with Crippen molar-refractivity contribution in [3.05, 3.63) is 100 Å². The molecule has 0 saturated carbocycles. The van der Waals surface area contributed by atoms with Gasteiger partial charge in [0.1, 0.15) is 11.6 Å². The quantitative estimate of drug-likeness (QED) is 0.230. The number of benzene rings is 3. The van der Waals surface area contributed by atoms with Crippen molar-refractivity contribution in [1.82, 2.24) is 15.0 Å². The summed E-state index contributed by atoms with van der Waals surface area (Å²) in [6.45, 7) is 10.0. The lowest BCUT2D eigenvalue weighted by Gasteiger charge is -2.32. The highest BCUT2D eigenvalue weighted by atomic mass is 16.5. The number of hydrogen-bond acceptors (Lipinski definition) is 6. The van der Waals surface area contributed by atoms with Gasteiger partial charge >= 0.3 is 5.76 Å². The molecule has 0 spiro atoms. The molecule has 1 aliphatic heterocycles. The lowest BCUT2D eigenvalue weighted by atomic mass is 9.97. The van der Waals surface area contributed by atoms with Crippen LogP contribution in [-0.4, -0.2) is 33.5 Å². The van der Waals surface area contributed by atoms with E-state index in [2.05, 4.69) is 77.4 Å². The summed E-state index contributed by atoms with van der Waals surface area (Å²) in [7, 11) is 0. The Kier molecular flexibility index (Phi) is 8.29. The molecule has 0 aliphatic carbocycles. The van der Waals surface area contributed by atoms with E-state index in [1.807, 2.05) is 38.1 Å².